The molecule has 5 rings (SSSR count). The number of benzene rings is 2. The molecule has 1 amide bonds. The van der Waals surface area contributed by atoms with Crippen LogP contribution >= 0.6 is 11.3 Å². The first-order valence-electron chi connectivity index (χ1n) is 10.2. The van der Waals surface area contributed by atoms with E-state index in [1.807, 2.05) is 34.5 Å². The number of carbonyl (C=O) groups is 1. The zero-order valence-corrected chi connectivity index (χ0v) is 17.4. The third-order valence-electron chi connectivity index (χ3n) is 5.82. The summed E-state index contributed by atoms with van der Waals surface area (Å²) in [5.41, 5.74) is 5.83. The molecule has 1 aliphatic heterocycles. The molecule has 2 aromatic carbocycles. The van der Waals surface area contributed by atoms with Crippen molar-refractivity contribution in [1.29, 1.82) is 0 Å². The van der Waals surface area contributed by atoms with Gasteiger partial charge in [0.05, 0.1) is 16.8 Å². The summed E-state index contributed by atoms with van der Waals surface area (Å²) in [5, 5.41) is 3.25. The maximum Gasteiger partial charge on any atom is 0.257 e. The summed E-state index contributed by atoms with van der Waals surface area (Å²) in [5.74, 6) is 1.14. The van der Waals surface area contributed by atoms with Gasteiger partial charge >= 0.3 is 0 Å². The standard InChI is InChI=1S/C24H23N3O2S/c28-24(20-6-2-4-8-23(20)29-14-18-15-30-16-26-18)27-11-9-17(10-12-27)21-13-25-22-7-3-1-5-19(21)22/h1-8,13,15-17,25H,9-12,14H2. The number of hydrogen-bond acceptors (Lipinski definition) is 4. The van der Waals surface area contributed by atoms with E-state index < -0.39 is 0 Å². The van der Waals surface area contributed by atoms with Crippen LogP contribution in [-0.4, -0.2) is 33.9 Å². The van der Waals surface area contributed by atoms with E-state index in [1.165, 1.54) is 27.8 Å². The highest BCUT2D eigenvalue weighted by atomic mass is 32.1. The van der Waals surface area contributed by atoms with E-state index in [2.05, 4.69) is 40.4 Å². The zero-order valence-electron chi connectivity index (χ0n) is 16.6. The number of rotatable bonds is 5. The minimum Gasteiger partial charge on any atom is -0.486 e. The van der Waals surface area contributed by atoms with Crippen molar-refractivity contribution in [1.82, 2.24) is 14.9 Å². The second-order valence-electron chi connectivity index (χ2n) is 7.62. The number of amides is 1. The van der Waals surface area contributed by atoms with Crippen LogP contribution in [0.4, 0.5) is 0 Å². The summed E-state index contributed by atoms with van der Waals surface area (Å²) in [4.78, 5) is 22.8. The lowest BCUT2D eigenvalue weighted by Gasteiger charge is -2.32. The summed E-state index contributed by atoms with van der Waals surface area (Å²) < 4.78 is 5.91. The Hall–Kier alpha value is -3.12. The number of likely N-dealkylation sites (tertiary alicyclic amines) is 1. The molecule has 1 fully saturated rings. The molecular weight excluding hydrogens is 394 g/mol. The third-order valence-corrected chi connectivity index (χ3v) is 6.46. The van der Waals surface area contributed by atoms with Crippen LogP contribution in [0.5, 0.6) is 5.75 Å². The highest BCUT2D eigenvalue weighted by Crippen LogP contribution is 2.34. The van der Waals surface area contributed by atoms with E-state index in [4.69, 9.17) is 4.74 Å². The quantitative estimate of drug-likeness (QED) is 0.484. The number of carbonyl (C=O) groups excluding carboxylic acids is 1. The average Bonchev–Trinajstić information content (AvgIpc) is 3.47. The van der Waals surface area contributed by atoms with Gasteiger partial charge < -0.3 is 14.6 Å². The first-order chi connectivity index (χ1) is 14.8. The van der Waals surface area contributed by atoms with Crippen LogP contribution in [0.3, 0.4) is 0 Å². The van der Waals surface area contributed by atoms with Crippen molar-refractivity contribution in [3.63, 3.8) is 0 Å². The molecule has 1 N–H and O–H groups in total. The summed E-state index contributed by atoms with van der Waals surface area (Å²) >= 11 is 1.54. The number of aromatic nitrogens is 2. The SMILES string of the molecule is O=C(c1ccccc1OCc1cscn1)N1CCC(c2c[nH]c3ccccc23)CC1. The molecule has 0 unspecified atom stereocenters. The van der Waals surface area contributed by atoms with Gasteiger partial charge in [-0.25, -0.2) is 4.98 Å². The van der Waals surface area contributed by atoms with Gasteiger partial charge in [-0.05, 0) is 42.5 Å². The van der Waals surface area contributed by atoms with E-state index >= 15 is 0 Å². The predicted molar refractivity (Wildman–Crippen MR) is 119 cm³/mol. The first-order valence-corrected chi connectivity index (χ1v) is 11.2. The van der Waals surface area contributed by atoms with Gasteiger partial charge in [0.2, 0.25) is 0 Å². The molecule has 5 nitrogen and oxygen atoms in total. The van der Waals surface area contributed by atoms with Crippen molar-refractivity contribution in [2.45, 2.75) is 25.4 Å². The van der Waals surface area contributed by atoms with Crippen LogP contribution in [-0.2, 0) is 6.61 Å². The fourth-order valence-electron chi connectivity index (χ4n) is 4.23. The Morgan fingerprint density at radius 1 is 1.13 bits per heavy atom. The third kappa shape index (κ3) is 3.71. The smallest absolute Gasteiger partial charge is 0.257 e. The number of para-hydroxylation sites is 2. The van der Waals surface area contributed by atoms with Crippen molar-refractivity contribution in [2.75, 3.05) is 13.1 Å². The van der Waals surface area contributed by atoms with E-state index in [0.717, 1.165) is 31.6 Å². The second kappa shape index (κ2) is 8.32. The van der Waals surface area contributed by atoms with Crippen molar-refractivity contribution in [3.8, 4) is 5.75 Å². The van der Waals surface area contributed by atoms with E-state index in [9.17, 15) is 4.79 Å². The van der Waals surface area contributed by atoms with E-state index in [-0.39, 0.29) is 5.91 Å². The summed E-state index contributed by atoms with van der Waals surface area (Å²) in [6, 6.07) is 15.9. The van der Waals surface area contributed by atoms with Gasteiger partial charge in [-0.15, -0.1) is 11.3 Å². The molecule has 30 heavy (non-hydrogen) atoms. The molecule has 0 spiro atoms. The first kappa shape index (κ1) is 18.9. The molecule has 152 valence electrons. The number of thiazole rings is 1. The van der Waals surface area contributed by atoms with Crippen LogP contribution in [0, 0.1) is 0 Å². The zero-order chi connectivity index (χ0) is 20.3. The second-order valence-corrected chi connectivity index (χ2v) is 8.34. The number of nitrogens with zero attached hydrogens (tertiary/aromatic N) is 2. The number of hydrogen-bond donors (Lipinski definition) is 1. The van der Waals surface area contributed by atoms with Crippen molar-refractivity contribution >= 4 is 28.1 Å². The van der Waals surface area contributed by atoms with Crippen LogP contribution in [0.25, 0.3) is 10.9 Å². The molecule has 0 atom stereocenters. The van der Waals surface area contributed by atoms with Crippen LogP contribution in [0.15, 0.2) is 65.6 Å². The average molecular weight is 418 g/mol. The lowest BCUT2D eigenvalue weighted by molar-refractivity contribution is 0.0708. The number of nitrogens with one attached hydrogen (secondary N) is 1. The van der Waals surface area contributed by atoms with Gasteiger partial charge in [-0.1, -0.05) is 30.3 Å². The van der Waals surface area contributed by atoms with Crippen molar-refractivity contribution < 1.29 is 9.53 Å². The van der Waals surface area contributed by atoms with Gasteiger partial charge in [-0.2, -0.15) is 0 Å². The number of H-pyrrole nitrogens is 1. The largest absolute Gasteiger partial charge is 0.486 e. The minimum atomic E-state index is 0.0428. The highest BCUT2D eigenvalue weighted by Gasteiger charge is 2.27. The summed E-state index contributed by atoms with van der Waals surface area (Å²) in [6.45, 7) is 1.88. The van der Waals surface area contributed by atoms with Crippen LogP contribution < -0.4 is 4.74 Å². The van der Waals surface area contributed by atoms with Gasteiger partial charge in [-0.3, -0.25) is 4.79 Å². The summed E-state index contributed by atoms with van der Waals surface area (Å²) in [6.07, 6.45) is 4.07. The maximum absolute atomic E-state index is 13.2. The Bertz CT molecular complexity index is 1140. The number of aromatic amines is 1. The van der Waals surface area contributed by atoms with Gasteiger partial charge in [0.15, 0.2) is 0 Å². The predicted octanol–water partition coefficient (Wildman–Crippen LogP) is 5.22. The van der Waals surface area contributed by atoms with Crippen LogP contribution in [0.1, 0.15) is 40.4 Å². The monoisotopic (exact) mass is 417 g/mol. The maximum atomic E-state index is 13.2. The summed E-state index contributed by atoms with van der Waals surface area (Å²) in [7, 11) is 0. The van der Waals surface area contributed by atoms with E-state index in [1.54, 1.807) is 5.51 Å². The minimum absolute atomic E-state index is 0.0428. The molecule has 0 saturated carbocycles. The molecule has 0 bridgehead atoms. The molecule has 4 aromatic rings. The lowest BCUT2D eigenvalue weighted by Crippen LogP contribution is -2.38. The van der Waals surface area contributed by atoms with Gasteiger partial charge in [0.1, 0.15) is 12.4 Å². The molecule has 0 aliphatic carbocycles. The fourth-order valence-corrected chi connectivity index (χ4v) is 4.77. The van der Waals surface area contributed by atoms with E-state index in [0.29, 0.717) is 23.8 Å². The molecule has 1 saturated heterocycles. The molecule has 1 aliphatic rings. The lowest BCUT2D eigenvalue weighted by atomic mass is 9.89. The number of fused-ring (bicyclic) bond motifs is 1. The fraction of sp³-hybridized carbons (Fsp3) is 0.250. The Morgan fingerprint density at radius 3 is 2.77 bits per heavy atom. The molecule has 3 heterocycles. The molecular formula is C24H23N3O2S. The van der Waals surface area contributed by atoms with Crippen molar-refractivity contribution in [2.24, 2.45) is 0 Å². The van der Waals surface area contributed by atoms with Crippen LogP contribution in [0.2, 0.25) is 0 Å². The molecule has 2 aromatic heterocycles. The normalized spacial score (nSPS) is 14.9. The van der Waals surface area contributed by atoms with Gasteiger partial charge in [0.25, 0.3) is 5.91 Å². The number of ether oxygens (including phenoxy) is 1. The Labute approximate surface area is 179 Å². The number of piperidine rings is 1. The molecule has 6 heteroatoms. The van der Waals surface area contributed by atoms with Crippen molar-refractivity contribution in [3.05, 3.63) is 82.4 Å². The Morgan fingerprint density at radius 2 is 1.93 bits per heavy atom. The highest BCUT2D eigenvalue weighted by molar-refractivity contribution is 7.07. The topological polar surface area (TPSA) is 58.2 Å². The Balaban J connectivity index is 1.27. The van der Waals surface area contributed by atoms with Gasteiger partial charge in [0, 0.05) is 35.6 Å². The Kier molecular flexibility index (Phi) is 5.24. The molecule has 0 radical (unpaired) electrons.